The van der Waals surface area contributed by atoms with Gasteiger partial charge in [-0.3, -0.25) is 4.57 Å². The van der Waals surface area contributed by atoms with Crippen LogP contribution in [-0.2, 0) is 0 Å². The van der Waals surface area contributed by atoms with Crippen molar-refractivity contribution in [1.29, 1.82) is 5.26 Å². The van der Waals surface area contributed by atoms with Crippen molar-refractivity contribution in [2.45, 2.75) is 0 Å². The third kappa shape index (κ3) is 5.16. The molecule has 306 valence electrons. The molecular formula is C58H33N7O. The molecule has 0 atom stereocenters. The zero-order chi connectivity index (χ0) is 43.5. The monoisotopic (exact) mass is 843 g/mol. The van der Waals surface area contributed by atoms with Gasteiger partial charge in [0, 0.05) is 60.6 Å². The van der Waals surface area contributed by atoms with E-state index in [1.807, 2.05) is 66.7 Å². The van der Waals surface area contributed by atoms with Crippen LogP contribution in [0.1, 0.15) is 5.56 Å². The Hall–Kier alpha value is -9.32. The number of aromatic nitrogens is 6. The van der Waals surface area contributed by atoms with Gasteiger partial charge in [0.05, 0.1) is 49.7 Å². The molecule has 0 bridgehead atoms. The minimum absolute atomic E-state index is 0.466. The quantitative estimate of drug-likeness (QED) is 0.172. The Kier molecular flexibility index (Phi) is 7.59. The number of nitrogens with zero attached hydrogens (tertiary/aromatic N) is 7. The number of rotatable bonds is 5. The van der Waals surface area contributed by atoms with Crippen molar-refractivity contribution in [3.8, 4) is 46.2 Å². The molecular weight excluding hydrogens is 811 g/mol. The van der Waals surface area contributed by atoms with Gasteiger partial charge in [-0.1, -0.05) is 121 Å². The highest BCUT2D eigenvalue weighted by Gasteiger charge is 2.24. The first-order valence-corrected chi connectivity index (χ1v) is 21.9. The Morgan fingerprint density at radius 1 is 0.394 bits per heavy atom. The van der Waals surface area contributed by atoms with E-state index in [9.17, 15) is 5.26 Å². The number of benzene rings is 9. The SMILES string of the molecule is N#Cc1cc(-c2nc(-c3ccccc3)nc(-n3c4ccccc4c4ccccc43)n2)ccc1-n1c2ccccc2c2ccc3oc4cc5c(cc4c3c21)c1ccccc1n5-c1ccccc1. The minimum atomic E-state index is 0.466. The number of para-hydroxylation sites is 5. The van der Waals surface area contributed by atoms with Crippen LogP contribution in [0.25, 0.3) is 127 Å². The van der Waals surface area contributed by atoms with Crippen LogP contribution in [0, 0.1) is 11.3 Å². The van der Waals surface area contributed by atoms with E-state index >= 15 is 0 Å². The van der Waals surface area contributed by atoms with Crippen LogP contribution in [0.3, 0.4) is 0 Å². The highest BCUT2D eigenvalue weighted by Crippen LogP contribution is 2.44. The van der Waals surface area contributed by atoms with E-state index in [1.54, 1.807) is 0 Å². The van der Waals surface area contributed by atoms with Gasteiger partial charge in [-0.25, -0.2) is 4.98 Å². The Balaban J connectivity index is 1.01. The highest BCUT2D eigenvalue weighted by molar-refractivity contribution is 6.27. The lowest BCUT2D eigenvalue weighted by Gasteiger charge is -2.13. The van der Waals surface area contributed by atoms with E-state index in [1.165, 1.54) is 0 Å². The van der Waals surface area contributed by atoms with E-state index in [2.05, 4.69) is 153 Å². The summed E-state index contributed by atoms with van der Waals surface area (Å²) >= 11 is 0. The number of fused-ring (bicyclic) bond motifs is 13. The van der Waals surface area contributed by atoms with Crippen molar-refractivity contribution in [2.75, 3.05) is 0 Å². The van der Waals surface area contributed by atoms with E-state index < -0.39 is 0 Å². The number of furan rings is 1. The van der Waals surface area contributed by atoms with Gasteiger partial charge in [-0.15, -0.1) is 0 Å². The summed E-state index contributed by atoms with van der Waals surface area (Å²) in [4.78, 5) is 15.4. The maximum Gasteiger partial charge on any atom is 0.238 e. The average Bonchev–Trinajstić information content (AvgIpc) is 4.12. The maximum atomic E-state index is 11.1. The van der Waals surface area contributed by atoms with Gasteiger partial charge in [-0.2, -0.15) is 15.2 Å². The predicted molar refractivity (Wildman–Crippen MR) is 266 cm³/mol. The van der Waals surface area contributed by atoms with E-state index in [0.29, 0.717) is 28.7 Å². The summed E-state index contributed by atoms with van der Waals surface area (Å²) in [7, 11) is 0. The Bertz CT molecular complexity index is 4310. The first kappa shape index (κ1) is 36.2. The summed E-state index contributed by atoms with van der Waals surface area (Å²) in [6.07, 6.45) is 0. The first-order chi connectivity index (χ1) is 32.7. The Morgan fingerprint density at radius 3 is 1.62 bits per heavy atom. The molecule has 0 amide bonds. The second kappa shape index (κ2) is 13.8. The van der Waals surface area contributed by atoms with Crippen LogP contribution < -0.4 is 0 Å². The van der Waals surface area contributed by atoms with Crippen LogP contribution in [0.15, 0.2) is 205 Å². The van der Waals surface area contributed by atoms with Crippen LogP contribution in [0.2, 0.25) is 0 Å². The van der Waals surface area contributed by atoms with E-state index in [0.717, 1.165) is 104 Å². The lowest BCUT2D eigenvalue weighted by atomic mass is 10.0. The minimum Gasteiger partial charge on any atom is -0.456 e. The molecule has 9 aromatic carbocycles. The summed E-state index contributed by atoms with van der Waals surface area (Å²) in [6.45, 7) is 0. The number of nitriles is 1. The summed E-state index contributed by atoms with van der Waals surface area (Å²) in [5.74, 6) is 1.50. The fraction of sp³-hybridized carbons (Fsp3) is 0. The molecule has 0 saturated heterocycles. The molecule has 5 aromatic heterocycles. The van der Waals surface area contributed by atoms with Gasteiger partial charge in [0.2, 0.25) is 5.95 Å². The smallest absolute Gasteiger partial charge is 0.238 e. The predicted octanol–water partition coefficient (Wildman–Crippen LogP) is 14.3. The summed E-state index contributed by atoms with van der Waals surface area (Å²) in [5, 5.41) is 19.8. The van der Waals surface area contributed by atoms with Crippen molar-refractivity contribution in [1.82, 2.24) is 28.7 Å². The maximum absolute atomic E-state index is 11.1. The van der Waals surface area contributed by atoms with Crippen LogP contribution in [0.4, 0.5) is 0 Å². The molecule has 0 aliphatic rings. The van der Waals surface area contributed by atoms with Crippen molar-refractivity contribution in [2.24, 2.45) is 0 Å². The second-order valence-corrected chi connectivity index (χ2v) is 16.7. The fourth-order valence-electron chi connectivity index (χ4n) is 10.3. The van der Waals surface area contributed by atoms with Crippen molar-refractivity contribution >= 4 is 87.4 Å². The highest BCUT2D eigenvalue weighted by atomic mass is 16.3. The standard InChI is InChI=1S/C58H33N7O/c59-34-37-31-36(57-60-56(35-15-3-1-4-16-35)61-58(62-57)65-49-25-13-7-19-39(49)40-20-8-14-26-50(40)65)27-29-46(37)64-48-24-12-9-21-41(48)43-28-30-52-54(55(43)64)45-32-44-42-22-10-11-23-47(42)63(38-17-5-2-6-18-38)51(44)33-53(45)66-52/h1-33H. The third-order valence-electron chi connectivity index (χ3n) is 13.1. The lowest BCUT2D eigenvalue weighted by Crippen LogP contribution is -2.06. The Morgan fingerprint density at radius 2 is 0.955 bits per heavy atom. The molecule has 0 unspecified atom stereocenters. The van der Waals surface area contributed by atoms with Gasteiger partial charge in [0.25, 0.3) is 0 Å². The summed E-state index contributed by atoms with van der Waals surface area (Å²) < 4.78 is 13.4. The van der Waals surface area contributed by atoms with Gasteiger partial charge in [0.1, 0.15) is 17.2 Å². The molecule has 0 radical (unpaired) electrons. The van der Waals surface area contributed by atoms with Gasteiger partial charge in [0.15, 0.2) is 11.6 Å². The third-order valence-corrected chi connectivity index (χ3v) is 13.1. The average molecular weight is 844 g/mol. The molecule has 8 heteroatoms. The van der Waals surface area contributed by atoms with Crippen molar-refractivity contribution < 1.29 is 4.42 Å². The fourth-order valence-corrected chi connectivity index (χ4v) is 10.3. The molecule has 0 aliphatic heterocycles. The molecule has 5 heterocycles. The second-order valence-electron chi connectivity index (χ2n) is 16.7. The summed E-state index contributed by atoms with van der Waals surface area (Å²) in [5.41, 5.74) is 11.6. The van der Waals surface area contributed by atoms with Crippen molar-refractivity contribution in [3.05, 3.63) is 206 Å². The van der Waals surface area contributed by atoms with Crippen LogP contribution >= 0.6 is 0 Å². The van der Waals surface area contributed by atoms with Crippen LogP contribution in [0.5, 0.6) is 0 Å². The molecule has 14 aromatic rings. The largest absolute Gasteiger partial charge is 0.456 e. The van der Waals surface area contributed by atoms with Gasteiger partial charge < -0.3 is 13.6 Å². The molecule has 0 fully saturated rings. The Labute approximate surface area is 376 Å². The van der Waals surface area contributed by atoms with Crippen molar-refractivity contribution in [3.63, 3.8) is 0 Å². The number of hydrogen-bond acceptors (Lipinski definition) is 5. The normalized spacial score (nSPS) is 11.9. The van der Waals surface area contributed by atoms with E-state index in [4.69, 9.17) is 19.4 Å². The lowest BCUT2D eigenvalue weighted by molar-refractivity contribution is 0.669. The molecule has 14 rings (SSSR count). The molecule has 66 heavy (non-hydrogen) atoms. The first-order valence-electron chi connectivity index (χ1n) is 21.9. The summed E-state index contributed by atoms with van der Waals surface area (Å²) in [6, 6.07) is 71.3. The van der Waals surface area contributed by atoms with Gasteiger partial charge >= 0.3 is 0 Å². The molecule has 0 saturated carbocycles. The van der Waals surface area contributed by atoms with E-state index in [-0.39, 0.29) is 0 Å². The van der Waals surface area contributed by atoms with Crippen LogP contribution in [-0.4, -0.2) is 28.7 Å². The van der Waals surface area contributed by atoms with Gasteiger partial charge in [-0.05, 0) is 72.8 Å². The zero-order valence-electron chi connectivity index (χ0n) is 35.1. The topological polar surface area (TPSA) is 90.4 Å². The molecule has 8 nitrogen and oxygen atoms in total. The zero-order valence-corrected chi connectivity index (χ0v) is 35.1. The number of hydrogen-bond donors (Lipinski definition) is 0. The molecule has 0 N–H and O–H groups in total. The molecule has 0 aliphatic carbocycles. The molecule has 0 spiro atoms.